The minimum absolute atomic E-state index is 0. The van der Waals surface area contributed by atoms with Crippen molar-refractivity contribution in [2.75, 3.05) is 13.2 Å². The first kappa shape index (κ1) is 17.2. The average molecular weight is 279 g/mol. The number of hydrogen-bond acceptors (Lipinski definition) is 4. The van der Waals surface area contributed by atoms with Gasteiger partial charge in [-0.1, -0.05) is 12.8 Å². The Bertz CT molecular complexity index is 274. The fraction of sp³-hybridized carbons (Fsp3) is 0.833. The summed E-state index contributed by atoms with van der Waals surface area (Å²) in [6, 6.07) is 0.122. The van der Waals surface area contributed by atoms with Crippen LogP contribution in [0, 0.1) is 5.92 Å². The molecular weight excluding hydrogens is 256 g/mol. The number of nitrogens with two attached hydrogens (primary N) is 1. The molecule has 1 saturated carbocycles. The summed E-state index contributed by atoms with van der Waals surface area (Å²) in [5, 5.41) is 2.57. The van der Waals surface area contributed by atoms with Crippen molar-refractivity contribution >= 4 is 24.3 Å². The molecule has 0 aromatic heterocycles. The van der Waals surface area contributed by atoms with E-state index in [1.165, 1.54) is 0 Å². The Hall–Kier alpha value is -0.810. The predicted molar refractivity (Wildman–Crippen MR) is 71.4 cm³/mol. The van der Waals surface area contributed by atoms with Crippen molar-refractivity contribution in [3.63, 3.8) is 0 Å². The molecule has 2 atom stereocenters. The van der Waals surface area contributed by atoms with Crippen LogP contribution in [-0.2, 0) is 14.3 Å². The highest BCUT2D eigenvalue weighted by atomic mass is 35.5. The second-order valence-electron chi connectivity index (χ2n) is 4.49. The van der Waals surface area contributed by atoms with Gasteiger partial charge in [0, 0.05) is 12.5 Å². The van der Waals surface area contributed by atoms with E-state index in [1.54, 1.807) is 6.92 Å². The molecule has 0 aromatic carbocycles. The molecule has 0 aliphatic heterocycles. The van der Waals surface area contributed by atoms with E-state index in [0.29, 0.717) is 13.0 Å². The number of esters is 1. The molecular formula is C12H23ClN2O3. The molecule has 0 spiro atoms. The first-order valence-corrected chi connectivity index (χ1v) is 6.31. The van der Waals surface area contributed by atoms with E-state index in [-0.39, 0.29) is 36.8 Å². The number of halogens is 1. The molecule has 106 valence electrons. The molecule has 0 aromatic rings. The number of carbonyl (C=O) groups is 2. The highest BCUT2D eigenvalue weighted by Crippen LogP contribution is 2.25. The zero-order chi connectivity index (χ0) is 12.7. The van der Waals surface area contributed by atoms with E-state index in [4.69, 9.17) is 10.5 Å². The SMILES string of the molecule is CCOC(=O)CNC(=O)CC1CCCCC1N.Cl. The van der Waals surface area contributed by atoms with Gasteiger partial charge in [0.15, 0.2) is 0 Å². The van der Waals surface area contributed by atoms with Gasteiger partial charge in [-0.3, -0.25) is 9.59 Å². The minimum Gasteiger partial charge on any atom is -0.465 e. The molecule has 6 heteroatoms. The average Bonchev–Trinajstić information content (AvgIpc) is 2.30. The fourth-order valence-electron chi connectivity index (χ4n) is 2.18. The Labute approximate surface area is 114 Å². The van der Waals surface area contributed by atoms with Crippen molar-refractivity contribution < 1.29 is 14.3 Å². The maximum atomic E-state index is 11.6. The second kappa shape index (κ2) is 9.16. The van der Waals surface area contributed by atoms with Gasteiger partial charge in [-0.2, -0.15) is 0 Å². The first-order valence-electron chi connectivity index (χ1n) is 6.31. The highest BCUT2D eigenvalue weighted by Gasteiger charge is 2.24. The Balaban J connectivity index is 0.00000289. The Morgan fingerprint density at radius 2 is 2.00 bits per heavy atom. The number of ether oxygens (including phenoxy) is 1. The van der Waals surface area contributed by atoms with Gasteiger partial charge in [-0.25, -0.2) is 0 Å². The summed E-state index contributed by atoms with van der Waals surface area (Å²) in [6.07, 6.45) is 4.72. The van der Waals surface area contributed by atoms with E-state index >= 15 is 0 Å². The monoisotopic (exact) mass is 278 g/mol. The molecule has 1 aliphatic rings. The maximum Gasteiger partial charge on any atom is 0.325 e. The van der Waals surface area contributed by atoms with Gasteiger partial charge in [0.2, 0.25) is 5.91 Å². The summed E-state index contributed by atoms with van der Waals surface area (Å²) in [6.45, 7) is 2.03. The van der Waals surface area contributed by atoms with Crippen LogP contribution in [0.3, 0.4) is 0 Å². The molecule has 1 fully saturated rings. The zero-order valence-electron chi connectivity index (χ0n) is 10.8. The van der Waals surface area contributed by atoms with Gasteiger partial charge in [0.1, 0.15) is 6.54 Å². The Kier molecular flexibility index (Phi) is 8.75. The molecule has 1 aliphatic carbocycles. The highest BCUT2D eigenvalue weighted by molar-refractivity contribution is 5.85. The number of amides is 1. The largest absolute Gasteiger partial charge is 0.465 e. The van der Waals surface area contributed by atoms with E-state index in [2.05, 4.69) is 5.32 Å². The van der Waals surface area contributed by atoms with Crippen LogP contribution in [0.4, 0.5) is 0 Å². The molecule has 1 amide bonds. The summed E-state index contributed by atoms with van der Waals surface area (Å²) in [5.41, 5.74) is 5.96. The van der Waals surface area contributed by atoms with Crippen molar-refractivity contribution in [3.8, 4) is 0 Å². The topological polar surface area (TPSA) is 81.4 Å². The fourth-order valence-corrected chi connectivity index (χ4v) is 2.18. The zero-order valence-corrected chi connectivity index (χ0v) is 11.6. The summed E-state index contributed by atoms with van der Waals surface area (Å²) >= 11 is 0. The van der Waals surface area contributed by atoms with Crippen LogP contribution in [0.1, 0.15) is 39.0 Å². The van der Waals surface area contributed by atoms with Crippen LogP contribution in [0.15, 0.2) is 0 Å². The lowest BCUT2D eigenvalue weighted by molar-refractivity contribution is -0.143. The van der Waals surface area contributed by atoms with Crippen molar-refractivity contribution in [2.45, 2.75) is 45.1 Å². The Morgan fingerprint density at radius 1 is 1.33 bits per heavy atom. The second-order valence-corrected chi connectivity index (χ2v) is 4.49. The van der Waals surface area contributed by atoms with Crippen LogP contribution in [0.5, 0.6) is 0 Å². The molecule has 0 radical (unpaired) electrons. The lowest BCUT2D eigenvalue weighted by atomic mass is 9.83. The summed E-state index contributed by atoms with van der Waals surface area (Å²) in [5.74, 6) is -0.250. The minimum atomic E-state index is -0.395. The van der Waals surface area contributed by atoms with E-state index in [9.17, 15) is 9.59 Å². The van der Waals surface area contributed by atoms with Crippen molar-refractivity contribution in [3.05, 3.63) is 0 Å². The molecule has 0 bridgehead atoms. The van der Waals surface area contributed by atoms with Crippen LogP contribution < -0.4 is 11.1 Å². The van der Waals surface area contributed by atoms with Crippen molar-refractivity contribution in [1.82, 2.24) is 5.32 Å². The number of hydrogen-bond donors (Lipinski definition) is 2. The lowest BCUT2D eigenvalue weighted by Crippen LogP contribution is -2.38. The molecule has 0 heterocycles. The first-order chi connectivity index (χ1) is 8.13. The number of nitrogens with one attached hydrogen (secondary N) is 1. The van der Waals surface area contributed by atoms with Crippen LogP contribution in [-0.4, -0.2) is 31.1 Å². The number of rotatable bonds is 5. The summed E-state index contributed by atoms with van der Waals surface area (Å²) in [4.78, 5) is 22.6. The molecule has 0 saturated heterocycles. The van der Waals surface area contributed by atoms with Crippen LogP contribution in [0.2, 0.25) is 0 Å². The van der Waals surface area contributed by atoms with Gasteiger partial charge < -0.3 is 15.8 Å². The quantitative estimate of drug-likeness (QED) is 0.735. The summed E-state index contributed by atoms with van der Waals surface area (Å²) < 4.78 is 4.73. The molecule has 2 unspecified atom stereocenters. The standard InChI is InChI=1S/C12H22N2O3.ClH/c1-2-17-12(16)8-14-11(15)7-9-5-3-4-6-10(9)13;/h9-10H,2-8,13H2,1H3,(H,14,15);1H. The predicted octanol–water partition coefficient (Wildman–Crippen LogP) is 0.995. The van der Waals surface area contributed by atoms with Crippen molar-refractivity contribution in [2.24, 2.45) is 11.7 Å². The molecule has 5 nitrogen and oxygen atoms in total. The van der Waals surface area contributed by atoms with Gasteiger partial charge >= 0.3 is 5.97 Å². The van der Waals surface area contributed by atoms with Crippen molar-refractivity contribution in [1.29, 1.82) is 0 Å². The van der Waals surface area contributed by atoms with E-state index in [1.807, 2.05) is 0 Å². The van der Waals surface area contributed by atoms with E-state index < -0.39 is 5.97 Å². The van der Waals surface area contributed by atoms with Gasteiger partial charge in [-0.15, -0.1) is 12.4 Å². The van der Waals surface area contributed by atoms with Crippen LogP contribution in [0.25, 0.3) is 0 Å². The van der Waals surface area contributed by atoms with Gasteiger partial charge in [-0.05, 0) is 25.7 Å². The third kappa shape index (κ3) is 6.21. The lowest BCUT2D eigenvalue weighted by Gasteiger charge is -2.27. The third-order valence-electron chi connectivity index (χ3n) is 3.15. The smallest absolute Gasteiger partial charge is 0.325 e. The Morgan fingerprint density at radius 3 is 2.61 bits per heavy atom. The number of carbonyl (C=O) groups excluding carboxylic acids is 2. The normalized spacial score (nSPS) is 22.8. The van der Waals surface area contributed by atoms with E-state index in [0.717, 1.165) is 25.7 Å². The molecule has 1 rings (SSSR count). The van der Waals surface area contributed by atoms with Crippen LogP contribution >= 0.6 is 12.4 Å². The molecule has 18 heavy (non-hydrogen) atoms. The maximum absolute atomic E-state index is 11.6. The van der Waals surface area contributed by atoms with Gasteiger partial charge in [0.05, 0.1) is 6.61 Å². The third-order valence-corrected chi connectivity index (χ3v) is 3.15. The summed E-state index contributed by atoms with van der Waals surface area (Å²) in [7, 11) is 0. The van der Waals surface area contributed by atoms with Gasteiger partial charge in [0.25, 0.3) is 0 Å². The molecule has 3 N–H and O–H groups in total.